The molecule has 0 aromatic heterocycles. The van der Waals surface area contributed by atoms with Crippen molar-refractivity contribution in [3.63, 3.8) is 0 Å². The first kappa shape index (κ1) is 11.2. The third-order valence-corrected chi connectivity index (χ3v) is 2.31. The summed E-state index contributed by atoms with van der Waals surface area (Å²) in [5, 5.41) is 3.06. The Morgan fingerprint density at radius 3 is 2.57 bits per heavy atom. The Labute approximate surface area is 85.3 Å². The highest BCUT2D eigenvalue weighted by molar-refractivity contribution is 5.27. The molecule has 0 fully saturated rings. The van der Waals surface area contributed by atoms with Crippen molar-refractivity contribution in [1.82, 2.24) is 5.32 Å². The van der Waals surface area contributed by atoms with E-state index in [4.69, 9.17) is 0 Å². The van der Waals surface area contributed by atoms with E-state index in [0.717, 1.165) is 24.1 Å². The van der Waals surface area contributed by atoms with E-state index in [1.165, 1.54) is 0 Å². The van der Waals surface area contributed by atoms with Crippen molar-refractivity contribution in [2.45, 2.75) is 26.2 Å². The minimum atomic E-state index is -0.123. The summed E-state index contributed by atoms with van der Waals surface area (Å²) in [5.74, 6) is 0.265. The van der Waals surface area contributed by atoms with Gasteiger partial charge in [0.1, 0.15) is 5.82 Å². The normalized spacial score (nSPS) is 10.9. The predicted octanol–water partition coefficient (Wildman–Crippen LogP) is 2.71. The number of nitrogens with one attached hydrogen (secondary N) is 1. The van der Waals surface area contributed by atoms with Gasteiger partial charge in [-0.1, -0.05) is 19.9 Å². The SMILES string of the molecule is CNCCc1cc(F)cc(C(C)C)c1. The number of halogens is 1. The van der Waals surface area contributed by atoms with Crippen LogP contribution in [0, 0.1) is 5.82 Å². The summed E-state index contributed by atoms with van der Waals surface area (Å²) in [6.45, 7) is 5.05. The fraction of sp³-hybridized carbons (Fsp3) is 0.500. The van der Waals surface area contributed by atoms with Gasteiger partial charge < -0.3 is 5.32 Å². The van der Waals surface area contributed by atoms with E-state index in [1.54, 1.807) is 12.1 Å². The first-order valence-electron chi connectivity index (χ1n) is 5.07. The number of benzene rings is 1. The molecule has 0 atom stereocenters. The minimum absolute atomic E-state index is 0.123. The van der Waals surface area contributed by atoms with Gasteiger partial charge in [0, 0.05) is 0 Å². The van der Waals surface area contributed by atoms with Crippen LogP contribution in [0.25, 0.3) is 0 Å². The second-order valence-electron chi connectivity index (χ2n) is 3.90. The van der Waals surface area contributed by atoms with Crippen molar-refractivity contribution in [2.75, 3.05) is 13.6 Å². The lowest BCUT2D eigenvalue weighted by molar-refractivity contribution is 0.619. The lowest BCUT2D eigenvalue weighted by Gasteiger charge is -2.08. The molecule has 0 saturated carbocycles. The van der Waals surface area contributed by atoms with Gasteiger partial charge in [-0.25, -0.2) is 4.39 Å². The topological polar surface area (TPSA) is 12.0 Å². The van der Waals surface area contributed by atoms with Crippen molar-refractivity contribution in [2.24, 2.45) is 0 Å². The van der Waals surface area contributed by atoms with Gasteiger partial charge in [0.2, 0.25) is 0 Å². The summed E-state index contributed by atoms with van der Waals surface area (Å²) >= 11 is 0. The molecule has 0 bridgehead atoms. The van der Waals surface area contributed by atoms with Crippen LogP contribution in [0.1, 0.15) is 30.9 Å². The van der Waals surface area contributed by atoms with E-state index >= 15 is 0 Å². The van der Waals surface area contributed by atoms with Gasteiger partial charge >= 0.3 is 0 Å². The summed E-state index contributed by atoms with van der Waals surface area (Å²) in [6.07, 6.45) is 0.883. The summed E-state index contributed by atoms with van der Waals surface area (Å²) < 4.78 is 13.2. The van der Waals surface area contributed by atoms with Crippen molar-refractivity contribution < 1.29 is 4.39 Å². The number of hydrogen-bond donors (Lipinski definition) is 1. The van der Waals surface area contributed by atoms with Crippen LogP contribution in [0.3, 0.4) is 0 Å². The van der Waals surface area contributed by atoms with E-state index in [2.05, 4.69) is 25.2 Å². The molecule has 0 spiro atoms. The van der Waals surface area contributed by atoms with E-state index < -0.39 is 0 Å². The standard InChI is InChI=1S/C12H18FN/c1-9(2)11-6-10(4-5-14-3)7-12(13)8-11/h6-9,14H,4-5H2,1-3H3. The van der Waals surface area contributed by atoms with E-state index in [0.29, 0.717) is 5.92 Å². The van der Waals surface area contributed by atoms with E-state index in [9.17, 15) is 4.39 Å². The van der Waals surface area contributed by atoms with E-state index in [-0.39, 0.29) is 5.82 Å². The Hall–Kier alpha value is -0.890. The van der Waals surface area contributed by atoms with Crippen LogP contribution in [-0.2, 0) is 6.42 Å². The second kappa shape index (κ2) is 5.11. The monoisotopic (exact) mass is 195 g/mol. The molecule has 0 heterocycles. The van der Waals surface area contributed by atoms with Crippen molar-refractivity contribution in [1.29, 1.82) is 0 Å². The first-order chi connectivity index (χ1) is 6.63. The zero-order valence-electron chi connectivity index (χ0n) is 9.10. The highest BCUT2D eigenvalue weighted by Crippen LogP contribution is 2.17. The number of hydrogen-bond acceptors (Lipinski definition) is 1. The Bertz CT molecular complexity index is 294. The largest absolute Gasteiger partial charge is 0.319 e. The maximum absolute atomic E-state index is 13.2. The predicted molar refractivity (Wildman–Crippen MR) is 58.1 cm³/mol. The van der Waals surface area contributed by atoms with Crippen LogP contribution >= 0.6 is 0 Å². The molecule has 0 aliphatic heterocycles. The lowest BCUT2D eigenvalue weighted by atomic mass is 9.99. The summed E-state index contributed by atoms with van der Waals surface area (Å²) in [5.41, 5.74) is 2.15. The molecule has 1 N–H and O–H groups in total. The van der Waals surface area contributed by atoms with Gasteiger partial charge in [-0.15, -0.1) is 0 Å². The van der Waals surface area contributed by atoms with Crippen LogP contribution in [0.5, 0.6) is 0 Å². The van der Waals surface area contributed by atoms with Crippen molar-refractivity contribution >= 4 is 0 Å². The van der Waals surface area contributed by atoms with Gasteiger partial charge in [0.25, 0.3) is 0 Å². The number of rotatable bonds is 4. The molecule has 2 heteroatoms. The fourth-order valence-electron chi connectivity index (χ4n) is 1.42. The summed E-state index contributed by atoms with van der Waals surface area (Å²) in [7, 11) is 1.91. The third-order valence-electron chi connectivity index (χ3n) is 2.31. The molecule has 0 amide bonds. The molecular weight excluding hydrogens is 177 g/mol. The van der Waals surface area contributed by atoms with Gasteiger partial charge in [0.05, 0.1) is 0 Å². The van der Waals surface area contributed by atoms with Gasteiger partial charge in [0.15, 0.2) is 0 Å². The lowest BCUT2D eigenvalue weighted by Crippen LogP contribution is -2.10. The Balaban J connectivity index is 2.84. The Kier molecular flexibility index (Phi) is 4.08. The van der Waals surface area contributed by atoms with Crippen LogP contribution in [0.15, 0.2) is 18.2 Å². The molecule has 1 aromatic carbocycles. The first-order valence-corrected chi connectivity index (χ1v) is 5.07. The smallest absolute Gasteiger partial charge is 0.123 e. The third kappa shape index (κ3) is 3.11. The molecule has 0 unspecified atom stereocenters. The zero-order chi connectivity index (χ0) is 10.6. The molecule has 14 heavy (non-hydrogen) atoms. The zero-order valence-corrected chi connectivity index (χ0v) is 9.10. The average molecular weight is 195 g/mol. The van der Waals surface area contributed by atoms with Crippen LogP contribution in [0.4, 0.5) is 4.39 Å². The molecule has 1 aromatic rings. The maximum Gasteiger partial charge on any atom is 0.123 e. The van der Waals surface area contributed by atoms with Crippen molar-refractivity contribution in [3.05, 3.63) is 35.1 Å². The summed E-state index contributed by atoms with van der Waals surface area (Å²) in [6, 6.07) is 5.32. The molecule has 78 valence electrons. The van der Waals surface area contributed by atoms with Crippen molar-refractivity contribution in [3.8, 4) is 0 Å². The van der Waals surface area contributed by atoms with E-state index in [1.807, 2.05) is 7.05 Å². The van der Waals surface area contributed by atoms with Crippen LogP contribution < -0.4 is 5.32 Å². The maximum atomic E-state index is 13.2. The quantitative estimate of drug-likeness (QED) is 0.779. The highest BCUT2D eigenvalue weighted by Gasteiger charge is 2.03. The molecule has 1 nitrogen and oxygen atoms in total. The number of likely N-dealkylation sites (N-methyl/N-ethyl adjacent to an activating group) is 1. The second-order valence-corrected chi connectivity index (χ2v) is 3.90. The van der Waals surface area contributed by atoms with Crippen LogP contribution in [-0.4, -0.2) is 13.6 Å². The Morgan fingerprint density at radius 1 is 1.29 bits per heavy atom. The highest BCUT2D eigenvalue weighted by atomic mass is 19.1. The van der Waals surface area contributed by atoms with Crippen LogP contribution in [0.2, 0.25) is 0 Å². The Morgan fingerprint density at radius 2 is 2.00 bits per heavy atom. The van der Waals surface area contributed by atoms with Gasteiger partial charge in [-0.3, -0.25) is 0 Å². The summed E-state index contributed by atoms with van der Waals surface area (Å²) in [4.78, 5) is 0. The molecule has 0 aliphatic carbocycles. The van der Waals surface area contributed by atoms with Gasteiger partial charge in [-0.05, 0) is 49.2 Å². The average Bonchev–Trinajstić information content (AvgIpc) is 2.14. The fourth-order valence-corrected chi connectivity index (χ4v) is 1.42. The molecule has 0 radical (unpaired) electrons. The van der Waals surface area contributed by atoms with Gasteiger partial charge in [-0.2, -0.15) is 0 Å². The molecule has 1 rings (SSSR count). The molecule has 0 saturated heterocycles. The minimum Gasteiger partial charge on any atom is -0.319 e. The molecular formula is C12H18FN. The molecule has 0 aliphatic rings.